The third kappa shape index (κ3) is 3.55. The number of amides is 1. The fourth-order valence-electron chi connectivity index (χ4n) is 1.81. The molecule has 0 aliphatic rings. The van der Waals surface area contributed by atoms with Crippen molar-refractivity contribution in [1.82, 2.24) is 30.9 Å². The van der Waals surface area contributed by atoms with Crippen LogP contribution in [0.1, 0.15) is 15.4 Å². The van der Waals surface area contributed by atoms with Gasteiger partial charge in [-0.15, -0.1) is 28.2 Å². The van der Waals surface area contributed by atoms with Gasteiger partial charge in [0, 0.05) is 17.2 Å². The number of thiophene rings is 1. The molecule has 0 aromatic carbocycles. The Morgan fingerprint density at radius 3 is 3.05 bits per heavy atom. The number of carbonyl (C=O) groups excluding carboxylic acids is 1. The summed E-state index contributed by atoms with van der Waals surface area (Å²) in [4.78, 5) is 14.3. The summed E-state index contributed by atoms with van der Waals surface area (Å²) < 4.78 is 0. The van der Waals surface area contributed by atoms with Gasteiger partial charge in [-0.1, -0.05) is 0 Å². The van der Waals surface area contributed by atoms with E-state index >= 15 is 0 Å². The largest absolute Gasteiger partial charge is 0.350 e. The Morgan fingerprint density at radius 1 is 1.41 bits per heavy atom. The lowest BCUT2D eigenvalue weighted by atomic mass is 10.3. The van der Waals surface area contributed by atoms with Crippen LogP contribution in [0.3, 0.4) is 0 Å². The van der Waals surface area contributed by atoms with Crippen molar-refractivity contribution in [1.29, 1.82) is 0 Å². The maximum atomic E-state index is 12.0. The zero-order valence-electron chi connectivity index (χ0n) is 11.8. The number of hydrogen-bond donors (Lipinski definition) is 3. The summed E-state index contributed by atoms with van der Waals surface area (Å²) in [5, 5.41) is 20.8. The molecule has 0 spiro atoms. The monoisotopic (exact) mass is 334 g/mol. The van der Waals surface area contributed by atoms with Crippen molar-refractivity contribution in [3.8, 4) is 10.6 Å². The Balaban J connectivity index is 1.51. The molecule has 9 heteroatoms. The van der Waals surface area contributed by atoms with E-state index in [9.17, 15) is 4.79 Å². The first-order valence-corrected chi connectivity index (χ1v) is 8.41. The van der Waals surface area contributed by atoms with E-state index in [0.717, 1.165) is 21.3 Å². The predicted octanol–water partition coefficient (Wildman–Crippen LogP) is 2.09. The normalized spacial score (nSPS) is 10.8. The number of thioether (sulfide) groups is 1. The Bertz CT molecular complexity index is 748. The van der Waals surface area contributed by atoms with Crippen LogP contribution in [-0.4, -0.2) is 43.8 Å². The number of aromatic nitrogens is 5. The summed E-state index contributed by atoms with van der Waals surface area (Å²) in [6.07, 6.45) is 1.65. The molecule has 0 saturated heterocycles. The molecule has 0 atom stereocenters. The van der Waals surface area contributed by atoms with Crippen molar-refractivity contribution >= 4 is 29.0 Å². The molecule has 0 aliphatic heterocycles. The average molecular weight is 334 g/mol. The molecule has 3 rings (SSSR count). The molecule has 3 N–H and O–H groups in total. The smallest absolute Gasteiger partial charge is 0.271 e. The van der Waals surface area contributed by atoms with E-state index in [2.05, 4.69) is 30.9 Å². The molecule has 3 heterocycles. The first-order valence-electron chi connectivity index (χ1n) is 6.61. The van der Waals surface area contributed by atoms with Gasteiger partial charge in [0.25, 0.3) is 5.91 Å². The first-order chi connectivity index (χ1) is 10.7. The molecule has 0 saturated carbocycles. The van der Waals surface area contributed by atoms with Gasteiger partial charge < -0.3 is 5.32 Å². The first kappa shape index (κ1) is 14.8. The number of nitrogens with one attached hydrogen (secondary N) is 3. The van der Waals surface area contributed by atoms with Crippen LogP contribution in [0.2, 0.25) is 0 Å². The van der Waals surface area contributed by atoms with Crippen LogP contribution in [0.15, 0.2) is 29.4 Å². The second-order valence-electron chi connectivity index (χ2n) is 4.49. The molecule has 3 aromatic heterocycles. The predicted molar refractivity (Wildman–Crippen MR) is 86.1 cm³/mol. The molecular formula is C13H14N6OS2. The van der Waals surface area contributed by atoms with Crippen molar-refractivity contribution in [2.24, 2.45) is 0 Å². The van der Waals surface area contributed by atoms with Crippen LogP contribution < -0.4 is 5.32 Å². The highest BCUT2D eigenvalue weighted by Crippen LogP contribution is 2.26. The van der Waals surface area contributed by atoms with Crippen molar-refractivity contribution < 1.29 is 4.79 Å². The third-order valence-electron chi connectivity index (χ3n) is 2.85. The van der Waals surface area contributed by atoms with Crippen molar-refractivity contribution in [2.75, 3.05) is 12.3 Å². The summed E-state index contributed by atoms with van der Waals surface area (Å²) in [5.74, 6) is 0.538. The molecule has 0 radical (unpaired) electrons. The minimum Gasteiger partial charge on any atom is -0.350 e. The van der Waals surface area contributed by atoms with Crippen molar-refractivity contribution in [2.45, 2.75) is 11.9 Å². The summed E-state index contributed by atoms with van der Waals surface area (Å²) in [7, 11) is 0. The van der Waals surface area contributed by atoms with Gasteiger partial charge in [0.15, 0.2) is 5.69 Å². The highest BCUT2D eigenvalue weighted by atomic mass is 32.2. The second-order valence-corrected chi connectivity index (χ2v) is 6.89. The number of aromatic amines is 2. The van der Waals surface area contributed by atoms with E-state index in [1.165, 1.54) is 16.6 Å². The quantitative estimate of drug-likeness (QED) is 0.473. The highest BCUT2D eigenvalue weighted by molar-refractivity contribution is 7.99. The third-order valence-corrected chi connectivity index (χ3v) is 4.78. The van der Waals surface area contributed by atoms with Crippen LogP contribution >= 0.6 is 23.1 Å². The second kappa shape index (κ2) is 6.75. The Morgan fingerprint density at radius 2 is 2.32 bits per heavy atom. The molecule has 114 valence electrons. The number of rotatable bonds is 6. The lowest BCUT2D eigenvalue weighted by Crippen LogP contribution is -2.26. The number of H-pyrrole nitrogens is 2. The van der Waals surface area contributed by atoms with E-state index in [-0.39, 0.29) is 5.91 Å². The van der Waals surface area contributed by atoms with Gasteiger partial charge in [-0.3, -0.25) is 9.89 Å². The molecule has 7 nitrogen and oxygen atoms in total. The lowest BCUT2D eigenvalue weighted by molar-refractivity contribution is 0.0951. The standard InChI is InChI=1S/C13H14N6OS2/c1-8-2-3-11(22-8)9-6-10(17-16-9)13(20)14-4-5-21-12-7-15-19-18-12/h2-3,6-7H,4-5H2,1H3,(H,14,20)(H,16,17)(H,15,18,19). The van der Waals surface area contributed by atoms with Gasteiger partial charge in [0.05, 0.1) is 16.8 Å². The van der Waals surface area contributed by atoms with Gasteiger partial charge in [0.2, 0.25) is 0 Å². The zero-order chi connectivity index (χ0) is 15.4. The van der Waals surface area contributed by atoms with Gasteiger partial charge >= 0.3 is 0 Å². The molecule has 3 aromatic rings. The number of aryl methyl sites for hydroxylation is 1. The number of nitrogens with zero attached hydrogens (tertiary/aromatic N) is 3. The maximum Gasteiger partial charge on any atom is 0.271 e. The Kier molecular flexibility index (Phi) is 4.54. The molecule has 0 fully saturated rings. The number of carbonyl (C=O) groups is 1. The van der Waals surface area contributed by atoms with E-state index in [1.54, 1.807) is 23.6 Å². The summed E-state index contributed by atoms with van der Waals surface area (Å²) >= 11 is 3.19. The molecular weight excluding hydrogens is 320 g/mol. The summed E-state index contributed by atoms with van der Waals surface area (Å²) in [6, 6.07) is 5.83. The Hall–Kier alpha value is -2.13. The van der Waals surface area contributed by atoms with Crippen molar-refractivity contribution in [3.63, 3.8) is 0 Å². The van der Waals surface area contributed by atoms with Gasteiger partial charge in [-0.05, 0) is 25.1 Å². The SMILES string of the molecule is Cc1ccc(-c2cc(C(=O)NCCSc3cn[nH]n3)n[nH]2)s1. The topological polar surface area (TPSA) is 99.3 Å². The van der Waals surface area contributed by atoms with Crippen LogP contribution in [0.25, 0.3) is 10.6 Å². The van der Waals surface area contributed by atoms with Crippen LogP contribution in [0.4, 0.5) is 0 Å². The van der Waals surface area contributed by atoms with E-state index in [1.807, 2.05) is 19.1 Å². The van der Waals surface area contributed by atoms with Gasteiger partial charge in [-0.25, -0.2) is 0 Å². The fraction of sp³-hybridized carbons (Fsp3) is 0.231. The minimum absolute atomic E-state index is 0.184. The zero-order valence-corrected chi connectivity index (χ0v) is 13.4. The molecule has 0 bridgehead atoms. The minimum atomic E-state index is -0.184. The molecule has 22 heavy (non-hydrogen) atoms. The van der Waals surface area contributed by atoms with Gasteiger partial charge in [-0.2, -0.15) is 15.4 Å². The lowest BCUT2D eigenvalue weighted by Gasteiger charge is -2.00. The Labute approximate surface area is 134 Å². The van der Waals surface area contributed by atoms with Crippen molar-refractivity contribution in [3.05, 3.63) is 35.0 Å². The maximum absolute atomic E-state index is 12.0. The number of hydrogen-bond acceptors (Lipinski definition) is 6. The van der Waals surface area contributed by atoms with E-state index in [4.69, 9.17) is 0 Å². The molecule has 0 aliphatic carbocycles. The summed E-state index contributed by atoms with van der Waals surface area (Å²) in [5.41, 5.74) is 1.26. The van der Waals surface area contributed by atoms with Gasteiger partial charge in [0.1, 0.15) is 5.03 Å². The average Bonchev–Trinajstić information content (AvgIpc) is 3.24. The fourth-order valence-corrected chi connectivity index (χ4v) is 3.29. The van der Waals surface area contributed by atoms with Crippen LogP contribution in [0.5, 0.6) is 0 Å². The summed E-state index contributed by atoms with van der Waals surface area (Å²) in [6.45, 7) is 2.58. The molecule has 0 unspecified atom stereocenters. The van der Waals surface area contributed by atoms with Crippen LogP contribution in [0, 0.1) is 6.92 Å². The van der Waals surface area contributed by atoms with E-state index < -0.39 is 0 Å². The van der Waals surface area contributed by atoms with Crippen LogP contribution in [-0.2, 0) is 0 Å². The van der Waals surface area contributed by atoms with E-state index in [0.29, 0.717) is 12.2 Å². The highest BCUT2D eigenvalue weighted by Gasteiger charge is 2.12. The molecule has 1 amide bonds.